The van der Waals surface area contributed by atoms with E-state index in [2.05, 4.69) is 22.0 Å². The van der Waals surface area contributed by atoms with E-state index in [-0.39, 0.29) is 18.1 Å². The monoisotopic (exact) mass is 352 g/mol. The standard InChI is InChI=1S/C17H24N2O4S/c1-13(20)18-17-15-7-3-2-6-14(15)12-16(17)23-10-4-8-22-9-5-11-24-19-21/h2-3,6-7,16-17H,4-5,8-12H2,1H3,(H,18,20)/t16-,17+/m1/s1. The molecule has 1 aromatic rings. The van der Waals surface area contributed by atoms with Crippen molar-refractivity contribution in [2.24, 2.45) is 4.58 Å². The second-order valence-electron chi connectivity index (χ2n) is 5.72. The molecule has 2 atom stereocenters. The number of hydrogen-bond donors (Lipinski definition) is 1. The molecule has 6 nitrogen and oxygen atoms in total. The summed E-state index contributed by atoms with van der Waals surface area (Å²) in [6.45, 7) is 3.39. The van der Waals surface area contributed by atoms with Gasteiger partial charge in [-0.15, -0.1) is 4.91 Å². The molecular weight excluding hydrogens is 328 g/mol. The summed E-state index contributed by atoms with van der Waals surface area (Å²) in [5.41, 5.74) is 2.38. The number of amides is 1. The fourth-order valence-corrected chi connectivity index (χ4v) is 3.19. The van der Waals surface area contributed by atoms with Crippen molar-refractivity contribution in [3.8, 4) is 0 Å². The maximum absolute atomic E-state index is 11.5. The van der Waals surface area contributed by atoms with E-state index in [1.54, 1.807) is 0 Å². The molecule has 0 unspecified atom stereocenters. The van der Waals surface area contributed by atoms with Crippen molar-refractivity contribution in [1.82, 2.24) is 5.32 Å². The first-order valence-electron chi connectivity index (χ1n) is 8.21. The first-order chi connectivity index (χ1) is 11.7. The first-order valence-corrected chi connectivity index (χ1v) is 9.15. The van der Waals surface area contributed by atoms with E-state index in [0.29, 0.717) is 25.6 Å². The molecule has 7 heteroatoms. The van der Waals surface area contributed by atoms with E-state index in [1.807, 2.05) is 12.1 Å². The Morgan fingerprint density at radius 1 is 1.29 bits per heavy atom. The number of nitrogens with zero attached hydrogens (tertiary/aromatic N) is 1. The Bertz CT molecular complexity index is 541. The summed E-state index contributed by atoms with van der Waals surface area (Å²) >= 11 is 1.02. The molecule has 0 heterocycles. The Morgan fingerprint density at radius 3 is 2.88 bits per heavy atom. The molecule has 0 fully saturated rings. The van der Waals surface area contributed by atoms with E-state index in [9.17, 15) is 9.70 Å². The van der Waals surface area contributed by atoms with Crippen LogP contribution < -0.4 is 5.32 Å². The number of nitrogens with one attached hydrogen (secondary N) is 1. The minimum Gasteiger partial charge on any atom is -0.381 e. The molecule has 0 spiro atoms. The summed E-state index contributed by atoms with van der Waals surface area (Å²) in [5.74, 6) is 0.648. The number of hydrogen-bond acceptors (Lipinski definition) is 6. The molecule has 1 amide bonds. The highest BCUT2D eigenvalue weighted by atomic mass is 32.2. The SMILES string of the molecule is CC(=O)N[C@H]1c2ccccc2C[C@H]1OCCCOCCCSN=O. The first kappa shape index (κ1) is 18.9. The average Bonchev–Trinajstić information content (AvgIpc) is 2.91. The Hall–Kier alpha value is -1.44. The molecule has 0 saturated carbocycles. The maximum atomic E-state index is 11.5. The minimum absolute atomic E-state index is 0.0265. The molecule has 24 heavy (non-hydrogen) atoms. The third kappa shape index (κ3) is 5.89. The highest BCUT2D eigenvalue weighted by molar-refractivity contribution is 7.97. The van der Waals surface area contributed by atoms with Gasteiger partial charge >= 0.3 is 0 Å². The lowest BCUT2D eigenvalue weighted by atomic mass is 10.1. The van der Waals surface area contributed by atoms with Crippen LogP contribution >= 0.6 is 11.9 Å². The fourth-order valence-electron chi connectivity index (χ4n) is 2.86. The van der Waals surface area contributed by atoms with Crippen molar-refractivity contribution in [1.29, 1.82) is 0 Å². The van der Waals surface area contributed by atoms with Crippen molar-refractivity contribution in [2.45, 2.75) is 38.3 Å². The Balaban J connectivity index is 1.68. The molecule has 1 aromatic carbocycles. The van der Waals surface area contributed by atoms with Gasteiger partial charge in [0.05, 0.1) is 12.1 Å². The zero-order valence-corrected chi connectivity index (χ0v) is 14.7. The zero-order valence-electron chi connectivity index (χ0n) is 13.9. The van der Waals surface area contributed by atoms with Crippen molar-refractivity contribution < 1.29 is 14.3 Å². The van der Waals surface area contributed by atoms with Gasteiger partial charge in [0.15, 0.2) is 0 Å². The topological polar surface area (TPSA) is 77.0 Å². The second-order valence-corrected chi connectivity index (χ2v) is 6.53. The van der Waals surface area contributed by atoms with E-state index in [1.165, 1.54) is 12.5 Å². The molecule has 0 bridgehead atoms. The van der Waals surface area contributed by atoms with Crippen LogP contribution in [0.15, 0.2) is 28.8 Å². The highest BCUT2D eigenvalue weighted by Crippen LogP contribution is 2.33. The Kier molecular flexibility index (Phi) is 8.21. The maximum Gasteiger partial charge on any atom is 0.217 e. The number of ether oxygens (including phenoxy) is 2. The smallest absolute Gasteiger partial charge is 0.217 e. The summed E-state index contributed by atoms with van der Waals surface area (Å²) < 4.78 is 14.2. The van der Waals surface area contributed by atoms with Crippen LogP contribution in [0.25, 0.3) is 0 Å². The molecular formula is C17H24N2O4S. The number of nitroso groups, excluding NO2 is 1. The van der Waals surface area contributed by atoms with Crippen LogP contribution in [0.3, 0.4) is 0 Å². The van der Waals surface area contributed by atoms with Crippen LogP contribution in [-0.2, 0) is 20.7 Å². The number of rotatable bonds is 11. The van der Waals surface area contributed by atoms with Gasteiger partial charge in [-0.2, -0.15) is 0 Å². The van der Waals surface area contributed by atoms with E-state index < -0.39 is 0 Å². The lowest BCUT2D eigenvalue weighted by Gasteiger charge is -2.21. The molecule has 1 aliphatic rings. The van der Waals surface area contributed by atoms with Gasteiger partial charge in [0.25, 0.3) is 0 Å². The number of carbonyl (C=O) groups is 1. The van der Waals surface area contributed by atoms with Crippen LogP contribution in [0.2, 0.25) is 0 Å². The van der Waals surface area contributed by atoms with Crippen LogP contribution in [0.1, 0.15) is 36.9 Å². The second kappa shape index (κ2) is 10.4. The summed E-state index contributed by atoms with van der Waals surface area (Å²) in [6, 6.07) is 8.06. The van der Waals surface area contributed by atoms with Crippen LogP contribution in [-0.4, -0.2) is 37.6 Å². The molecule has 1 aliphatic carbocycles. The van der Waals surface area contributed by atoms with E-state index >= 15 is 0 Å². The lowest BCUT2D eigenvalue weighted by molar-refractivity contribution is -0.120. The summed E-state index contributed by atoms with van der Waals surface area (Å²) in [7, 11) is 0. The molecule has 0 saturated heterocycles. The minimum atomic E-state index is -0.0764. The third-order valence-electron chi connectivity index (χ3n) is 3.88. The number of benzene rings is 1. The predicted octanol–water partition coefficient (Wildman–Crippen LogP) is 3.02. The van der Waals surface area contributed by atoms with Crippen LogP contribution in [0, 0.1) is 4.91 Å². The van der Waals surface area contributed by atoms with Gasteiger partial charge in [0.2, 0.25) is 5.91 Å². The van der Waals surface area contributed by atoms with Crippen molar-refractivity contribution in [3.63, 3.8) is 0 Å². The highest BCUT2D eigenvalue weighted by Gasteiger charge is 2.33. The molecule has 0 radical (unpaired) electrons. The largest absolute Gasteiger partial charge is 0.381 e. The quantitative estimate of drug-likeness (QED) is 0.376. The van der Waals surface area contributed by atoms with Gasteiger partial charge in [-0.1, -0.05) is 24.3 Å². The van der Waals surface area contributed by atoms with Crippen LogP contribution in [0.4, 0.5) is 0 Å². The Labute approximate surface area is 146 Å². The number of carbonyl (C=O) groups excluding carboxylic acids is 1. The lowest BCUT2D eigenvalue weighted by Crippen LogP contribution is -2.34. The summed E-state index contributed by atoms with van der Waals surface area (Å²) in [6.07, 6.45) is 2.41. The van der Waals surface area contributed by atoms with E-state index in [4.69, 9.17) is 9.47 Å². The molecule has 0 aromatic heterocycles. The average molecular weight is 352 g/mol. The van der Waals surface area contributed by atoms with Crippen molar-refractivity contribution in [3.05, 3.63) is 40.3 Å². The fraction of sp³-hybridized carbons (Fsp3) is 0.588. The molecule has 2 rings (SSSR count). The normalized spacial score (nSPS) is 19.0. The van der Waals surface area contributed by atoms with E-state index in [0.717, 1.165) is 36.8 Å². The predicted molar refractivity (Wildman–Crippen MR) is 94.7 cm³/mol. The summed E-state index contributed by atoms with van der Waals surface area (Å²) in [5, 5.41) is 3.00. The summed E-state index contributed by atoms with van der Waals surface area (Å²) in [4.78, 5) is 21.4. The van der Waals surface area contributed by atoms with Gasteiger partial charge in [-0.05, 0) is 24.0 Å². The van der Waals surface area contributed by atoms with Gasteiger partial charge in [0, 0.05) is 55.4 Å². The Morgan fingerprint density at radius 2 is 2.08 bits per heavy atom. The van der Waals surface area contributed by atoms with Gasteiger partial charge in [0.1, 0.15) is 0 Å². The van der Waals surface area contributed by atoms with Gasteiger partial charge in [-0.25, -0.2) is 0 Å². The van der Waals surface area contributed by atoms with Gasteiger partial charge < -0.3 is 14.8 Å². The van der Waals surface area contributed by atoms with Crippen molar-refractivity contribution in [2.75, 3.05) is 25.6 Å². The van der Waals surface area contributed by atoms with Gasteiger partial charge in [-0.3, -0.25) is 4.79 Å². The number of fused-ring (bicyclic) bond motifs is 1. The third-order valence-corrected chi connectivity index (χ3v) is 4.46. The molecule has 0 aliphatic heterocycles. The van der Waals surface area contributed by atoms with Crippen LogP contribution in [0.5, 0.6) is 0 Å². The molecule has 132 valence electrons. The molecule has 1 N–H and O–H groups in total. The zero-order chi connectivity index (χ0) is 17.2. The van der Waals surface area contributed by atoms with Crippen molar-refractivity contribution >= 4 is 17.9 Å².